The fourth-order valence-corrected chi connectivity index (χ4v) is 3.85. The maximum atomic E-state index is 12.6. The van der Waals surface area contributed by atoms with Crippen molar-refractivity contribution in [1.82, 2.24) is 25.6 Å². The van der Waals surface area contributed by atoms with Gasteiger partial charge in [0, 0.05) is 25.3 Å². The van der Waals surface area contributed by atoms with Crippen LogP contribution in [0.3, 0.4) is 0 Å². The van der Waals surface area contributed by atoms with Gasteiger partial charge in [0.05, 0.1) is 30.3 Å². The third-order valence-corrected chi connectivity index (χ3v) is 5.47. The van der Waals surface area contributed by atoms with Crippen LogP contribution in [0.5, 0.6) is 0 Å². The molecule has 0 radical (unpaired) electrons. The van der Waals surface area contributed by atoms with E-state index >= 15 is 0 Å². The highest BCUT2D eigenvalue weighted by molar-refractivity contribution is 7.99. The van der Waals surface area contributed by atoms with Crippen LogP contribution in [0.4, 0.5) is 0 Å². The summed E-state index contributed by atoms with van der Waals surface area (Å²) >= 11 is 2.92. The Morgan fingerprint density at radius 2 is 2.44 bits per heavy atom. The number of aromatic nitrogens is 3. The van der Waals surface area contributed by atoms with Gasteiger partial charge in [0.15, 0.2) is 0 Å². The van der Waals surface area contributed by atoms with E-state index < -0.39 is 0 Å². The molecule has 10 heteroatoms. The summed E-state index contributed by atoms with van der Waals surface area (Å²) in [5.41, 5.74) is 0. The molecule has 2 N–H and O–H groups in total. The minimum atomic E-state index is -0.230. The van der Waals surface area contributed by atoms with Crippen LogP contribution in [0, 0.1) is 0 Å². The van der Waals surface area contributed by atoms with Crippen molar-refractivity contribution in [2.45, 2.75) is 17.5 Å². The number of aromatic amines is 1. The zero-order valence-electron chi connectivity index (χ0n) is 13.5. The minimum Gasteiger partial charge on any atom is -0.377 e. The summed E-state index contributed by atoms with van der Waals surface area (Å²) in [6.07, 6.45) is 1.88. The maximum absolute atomic E-state index is 12.6. The lowest BCUT2D eigenvalue weighted by Gasteiger charge is -2.35. The summed E-state index contributed by atoms with van der Waals surface area (Å²) in [6, 6.07) is 3.43. The van der Waals surface area contributed by atoms with Gasteiger partial charge in [-0.3, -0.25) is 9.59 Å². The van der Waals surface area contributed by atoms with E-state index in [0.29, 0.717) is 36.9 Å². The summed E-state index contributed by atoms with van der Waals surface area (Å²) in [5, 5.41) is 15.7. The number of amides is 2. The molecule has 134 valence electrons. The van der Waals surface area contributed by atoms with Gasteiger partial charge in [-0.25, -0.2) is 0 Å². The fourth-order valence-electron chi connectivity index (χ4n) is 2.53. The Balaban J connectivity index is 1.45. The summed E-state index contributed by atoms with van der Waals surface area (Å²) in [5.74, 6) is 0.593. The molecule has 0 aromatic carbocycles. The third-order valence-electron chi connectivity index (χ3n) is 3.71. The van der Waals surface area contributed by atoms with Crippen molar-refractivity contribution < 1.29 is 14.3 Å². The topological polar surface area (TPSA) is 100 Å². The largest absolute Gasteiger partial charge is 0.377 e. The van der Waals surface area contributed by atoms with Crippen LogP contribution >= 0.6 is 23.1 Å². The molecule has 0 saturated carbocycles. The Bertz CT molecular complexity index is 677. The van der Waals surface area contributed by atoms with Gasteiger partial charge >= 0.3 is 0 Å². The number of H-pyrrole nitrogens is 1. The molecular weight excluding hydrogens is 362 g/mol. The number of thioether (sulfide) groups is 1. The Kier molecular flexibility index (Phi) is 6.42. The number of ether oxygens (including phenoxy) is 1. The molecule has 2 aromatic heterocycles. The molecule has 1 fully saturated rings. The van der Waals surface area contributed by atoms with Crippen LogP contribution in [0.25, 0.3) is 0 Å². The van der Waals surface area contributed by atoms with Crippen molar-refractivity contribution in [3.05, 3.63) is 28.6 Å². The highest BCUT2D eigenvalue weighted by Crippen LogP contribution is 2.18. The van der Waals surface area contributed by atoms with E-state index in [9.17, 15) is 9.59 Å². The van der Waals surface area contributed by atoms with E-state index in [4.69, 9.17) is 4.74 Å². The standard InChI is InChI=1S/C15H19N5O3S2/c21-13(16-3-7-25-14-9-17-19-18-14)8-11-10-23-5-4-20(11)15(22)12-2-1-6-24-12/h1-2,6,9,11H,3-5,7-8,10H2,(H,16,21)(H,17,18,19)/t11-/m0/s1. The Labute approximate surface area is 153 Å². The predicted octanol–water partition coefficient (Wildman–Crippen LogP) is 1.01. The highest BCUT2D eigenvalue weighted by Gasteiger charge is 2.30. The first-order chi connectivity index (χ1) is 12.2. The van der Waals surface area contributed by atoms with E-state index in [2.05, 4.69) is 20.7 Å². The Hall–Kier alpha value is -1.91. The second-order valence-corrected chi connectivity index (χ2v) is 7.48. The van der Waals surface area contributed by atoms with E-state index in [-0.39, 0.29) is 24.3 Å². The van der Waals surface area contributed by atoms with Gasteiger partial charge in [0.25, 0.3) is 5.91 Å². The molecule has 0 spiro atoms. The average Bonchev–Trinajstić information content (AvgIpc) is 3.32. The van der Waals surface area contributed by atoms with Gasteiger partial charge in [-0.2, -0.15) is 10.3 Å². The minimum absolute atomic E-state index is 0.0299. The monoisotopic (exact) mass is 381 g/mol. The van der Waals surface area contributed by atoms with Crippen molar-refractivity contribution >= 4 is 34.9 Å². The number of rotatable bonds is 7. The van der Waals surface area contributed by atoms with Crippen LogP contribution in [-0.2, 0) is 9.53 Å². The van der Waals surface area contributed by atoms with Gasteiger partial charge in [-0.1, -0.05) is 6.07 Å². The predicted molar refractivity (Wildman–Crippen MR) is 94.7 cm³/mol. The smallest absolute Gasteiger partial charge is 0.264 e. The quantitative estimate of drug-likeness (QED) is 0.548. The van der Waals surface area contributed by atoms with Crippen molar-refractivity contribution in [2.75, 3.05) is 32.1 Å². The normalized spacial score (nSPS) is 17.4. The summed E-state index contributed by atoms with van der Waals surface area (Å²) < 4.78 is 5.46. The van der Waals surface area contributed by atoms with Gasteiger partial charge in [-0.15, -0.1) is 28.2 Å². The van der Waals surface area contributed by atoms with Crippen LogP contribution in [-0.4, -0.2) is 70.2 Å². The zero-order valence-corrected chi connectivity index (χ0v) is 15.1. The molecule has 2 amide bonds. The first kappa shape index (κ1) is 17.9. The van der Waals surface area contributed by atoms with Gasteiger partial charge in [0.2, 0.25) is 5.91 Å². The van der Waals surface area contributed by atoms with Gasteiger partial charge in [0.1, 0.15) is 5.03 Å². The third kappa shape index (κ3) is 5.03. The van der Waals surface area contributed by atoms with Crippen molar-refractivity contribution in [1.29, 1.82) is 0 Å². The lowest BCUT2D eigenvalue weighted by molar-refractivity contribution is -0.123. The van der Waals surface area contributed by atoms with E-state index in [1.54, 1.807) is 17.2 Å². The van der Waals surface area contributed by atoms with E-state index in [1.165, 1.54) is 23.1 Å². The lowest BCUT2D eigenvalue weighted by atomic mass is 10.1. The first-order valence-electron chi connectivity index (χ1n) is 7.91. The number of hydrogen-bond donors (Lipinski definition) is 2. The Morgan fingerprint density at radius 1 is 1.52 bits per heavy atom. The molecule has 1 saturated heterocycles. The number of nitrogens with one attached hydrogen (secondary N) is 2. The summed E-state index contributed by atoms with van der Waals surface area (Å²) in [7, 11) is 0. The Morgan fingerprint density at radius 3 is 3.20 bits per heavy atom. The molecule has 25 heavy (non-hydrogen) atoms. The number of morpholine rings is 1. The van der Waals surface area contributed by atoms with Crippen molar-refractivity contribution in [2.24, 2.45) is 0 Å². The van der Waals surface area contributed by atoms with Gasteiger partial charge in [-0.05, 0) is 11.4 Å². The molecule has 1 aliphatic heterocycles. The second kappa shape index (κ2) is 8.97. The molecule has 0 aliphatic carbocycles. The fraction of sp³-hybridized carbons (Fsp3) is 0.467. The SMILES string of the molecule is O=C(C[C@H]1COCCN1C(=O)c1cccs1)NCCSc1cn[nH]n1. The molecular formula is C15H19N5O3S2. The van der Waals surface area contributed by atoms with E-state index in [0.717, 1.165) is 5.03 Å². The van der Waals surface area contributed by atoms with Crippen LogP contribution in [0.1, 0.15) is 16.1 Å². The van der Waals surface area contributed by atoms with Crippen molar-refractivity contribution in [3.63, 3.8) is 0 Å². The molecule has 2 aromatic rings. The molecule has 8 nitrogen and oxygen atoms in total. The van der Waals surface area contributed by atoms with Crippen LogP contribution < -0.4 is 5.32 Å². The zero-order chi connectivity index (χ0) is 17.5. The molecule has 1 atom stereocenters. The maximum Gasteiger partial charge on any atom is 0.264 e. The number of hydrogen-bond acceptors (Lipinski definition) is 7. The van der Waals surface area contributed by atoms with Crippen LogP contribution in [0.2, 0.25) is 0 Å². The highest BCUT2D eigenvalue weighted by atomic mass is 32.2. The molecule has 3 heterocycles. The van der Waals surface area contributed by atoms with E-state index in [1.807, 2.05) is 11.4 Å². The molecule has 0 bridgehead atoms. The van der Waals surface area contributed by atoms with Crippen LogP contribution in [0.15, 0.2) is 28.7 Å². The summed E-state index contributed by atoms with van der Waals surface area (Å²) in [4.78, 5) is 27.2. The van der Waals surface area contributed by atoms with Gasteiger partial charge < -0.3 is 15.0 Å². The second-order valence-electron chi connectivity index (χ2n) is 5.42. The molecule has 3 rings (SSSR count). The number of nitrogens with zero attached hydrogens (tertiary/aromatic N) is 3. The first-order valence-corrected chi connectivity index (χ1v) is 9.78. The number of carbonyl (C=O) groups excluding carboxylic acids is 2. The lowest BCUT2D eigenvalue weighted by Crippen LogP contribution is -2.50. The number of carbonyl (C=O) groups is 2. The summed E-state index contributed by atoms with van der Waals surface area (Å²) in [6.45, 7) is 1.93. The molecule has 0 unspecified atom stereocenters. The van der Waals surface area contributed by atoms with Crippen molar-refractivity contribution in [3.8, 4) is 0 Å². The number of thiophene rings is 1. The molecule has 1 aliphatic rings. The average molecular weight is 381 g/mol.